The van der Waals surface area contributed by atoms with Crippen molar-refractivity contribution in [2.75, 3.05) is 26.2 Å². The Labute approximate surface area is 87.6 Å². The fraction of sp³-hybridized carbons (Fsp3) is 1.00. The average Bonchev–Trinajstić information content (AvgIpc) is 2.28. The van der Waals surface area contributed by atoms with E-state index in [2.05, 4.69) is 25.7 Å². The minimum absolute atomic E-state index is 0.265. The van der Waals surface area contributed by atoms with E-state index in [0.29, 0.717) is 12.0 Å². The molecular formula is C11H24N2O. The molecule has 3 nitrogen and oxygen atoms in total. The summed E-state index contributed by atoms with van der Waals surface area (Å²) < 4.78 is 5.79. The zero-order valence-corrected chi connectivity index (χ0v) is 9.70. The Morgan fingerprint density at radius 2 is 2.14 bits per heavy atom. The van der Waals surface area contributed by atoms with Crippen LogP contribution in [-0.2, 0) is 4.74 Å². The van der Waals surface area contributed by atoms with Gasteiger partial charge in [-0.1, -0.05) is 13.8 Å². The molecule has 0 amide bonds. The summed E-state index contributed by atoms with van der Waals surface area (Å²) in [6.45, 7) is 10.6. The van der Waals surface area contributed by atoms with E-state index in [4.69, 9.17) is 10.5 Å². The van der Waals surface area contributed by atoms with Crippen molar-refractivity contribution in [3.8, 4) is 0 Å². The highest BCUT2D eigenvalue weighted by atomic mass is 16.5. The lowest BCUT2D eigenvalue weighted by atomic mass is 10.1. The zero-order valence-electron chi connectivity index (χ0n) is 9.70. The van der Waals surface area contributed by atoms with E-state index in [1.165, 1.54) is 0 Å². The Morgan fingerprint density at radius 3 is 2.71 bits per heavy atom. The van der Waals surface area contributed by atoms with E-state index in [1.807, 2.05) is 0 Å². The smallest absolute Gasteiger partial charge is 0.0724 e. The number of hydrogen-bond acceptors (Lipinski definition) is 3. The van der Waals surface area contributed by atoms with Gasteiger partial charge in [0.1, 0.15) is 0 Å². The van der Waals surface area contributed by atoms with Crippen LogP contribution in [0.25, 0.3) is 0 Å². The maximum absolute atomic E-state index is 5.81. The van der Waals surface area contributed by atoms with Crippen molar-refractivity contribution in [1.82, 2.24) is 4.90 Å². The van der Waals surface area contributed by atoms with E-state index in [0.717, 1.165) is 32.7 Å². The summed E-state index contributed by atoms with van der Waals surface area (Å²) >= 11 is 0. The van der Waals surface area contributed by atoms with Gasteiger partial charge in [0.25, 0.3) is 0 Å². The molecule has 0 saturated carbocycles. The average molecular weight is 200 g/mol. The lowest BCUT2D eigenvalue weighted by Crippen LogP contribution is -2.40. The van der Waals surface area contributed by atoms with Gasteiger partial charge >= 0.3 is 0 Å². The summed E-state index contributed by atoms with van der Waals surface area (Å²) in [5.74, 6) is 0.601. The first-order valence-corrected chi connectivity index (χ1v) is 5.69. The van der Waals surface area contributed by atoms with Crippen molar-refractivity contribution in [3.63, 3.8) is 0 Å². The van der Waals surface area contributed by atoms with Gasteiger partial charge in [-0.25, -0.2) is 0 Å². The molecule has 0 spiro atoms. The highest BCUT2D eigenvalue weighted by molar-refractivity contribution is 4.74. The molecule has 2 atom stereocenters. The molecule has 0 aliphatic carbocycles. The molecule has 1 rings (SSSR count). The second-order valence-electron chi connectivity index (χ2n) is 4.74. The first-order chi connectivity index (χ1) is 6.59. The molecule has 3 heteroatoms. The summed E-state index contributed by atoms with van der Waals surface area (Å²) in [7, 11) is 0. The molecular weight excluding hydrogens is 176 g/mol. The largest absolute Gasteiger partial charge is 0.377 e. The summed E-state index contributed by atoms with van der Waals surface area (Å²) in [6, 6.07) is 0.265. The Bertz CT molecular complexity index is 159. The Morgan fingerprint density at radius 1 is 1.43 bits per heavy atom. The van der Waals surface area contributed by atoms with E-state index in [9.17, 15) is 0 Å². The maximum atomic E-state index is 5.81. The van der Waals surface area contributed by atoms with Gasteiger partial charge < -0.3 is 10.5 Å². The van der Waals surface area contributed by atoms with Gasteiger partial charge in [-0.3, -0.25) is 4.90 Å². The van der Waals surface area contributed by atoms with Crippen LogP contribution in [0.4, 0.5) is 0 Å². The standard InChI is InChI=1S/C11H24N2O/c1-9(2)11-8-13(7-10(3)12)5-4-6-14-11/h9-11H,4-8,12H2,1-3H3/t10-,11?/m1/s1. The Hall–Kier alpha value is -0.120. The summed E-state index contributed by atoms with van der Waals surface area (Å²) in [6.07, 6.45) is 1.52. The summed E-state index contributed by atoms with van der Waals surface area (Å²) in [5.41, 5.74) is 5.81. The quantitative estimate of drug-likeness (QED) is 0.741. The molecule has 1 fully saturated rings. The zero-order chi connectivity index (χ0) is 10.6. The molecule has 0 aromatic heterocycles. The predicted molar refractivity (Wildman–Crippen MR) is 59.3 cm³/mol. The van der Waals surface area contributed by atoms with Gasteiger partial charge in [0.05, 0.1) is 6.10 Å². The molecule has 2 N–H and O–H groups in total. The molecule has 0 radical (unpaired) electrons. The minimum Gasteiger partial charge on any atom is -0.377 e. The fourth-order valence-corrected chi connectivity index (χ4v) is 1.90. The third-order valence-corrected chi connectivity index (χ3v) is 2.68. The lowest BCUT2D eigenvalue weighted by molar-refractivity contribution is 0.0227. The van der Waals surface area contributed by atoms with Gasteiger partial charge in [-0.2, -0.15) is 0 Å². The fourth-order valence-electron chi connectivity index (χ4n) is 1.90. The number of hydrogen-bond donors (Lipinski definition) is 1. The van der Waals surface area contributed by atoms with Crippen LogP contribution in [0.2, 0.25) is 0 Å². The topological polar surface area (TPSA) is 38.5 Å². The highest BCUT2D eigenvalue weighted by Crippen LogP contribution is 2.13. The molecule has 1 aliphatic heterocycles. The van der Waals surface area contributed by atoms with Crippen molar-refractivity contribution in [3.05, 3.63) is 0 Å². The number of nitrogens with two attached hydrogens (primary N) is 1. The molecule has 1 aliphatic rings. The Balaban J connectivity index is 2.43. The van der Waals surface area contributed by atoms with E-state index in [-0.39, 0.29) is 6.04 Å². The molecule has 1 saturated heterocycles. The van der Waals surface area contributed by atoms with Crippen molar-refractivity contribution < 1.29 is 4.74 Å². The third-order valence-electron chi connectivity index (χ3n) is 2.68. The first-order valence-electron chi connectivity index (χ1n) is 5.69. The van der Waals surface area contributed by atoms with Gasteiger partial charge in [0, 0.05) is 32.3 Å². The van der Waals surface area contributed by atoms with Crippen LogP contribution in [0, 0.1) is 5.92 Å². The normalized spacial score (nSPS) is 27.6. The SMILES string of the molecule is CC(C)C1CN(C[C@@H](C)N)CCCO1. The van der Waals surface area contributed by atoms with Crippen LogP contribution in [-0.4, -0.2) is 43.3 Å². The molecule has 84 valence electrons. The second kappa shape index (κ2) is 5.69. The monoisotopic (exact) mass is 200 g/mol. The maximum Gasteiger partial charge on any atom is 0.0724 e. The van der Waals surface area contributed by atoms with Crippen LogP contribution < -0.4 is 5.73 Å². The number of rotatable bonds is 3. The van der Waals surface area contributed by atoms with Gasteiger partial charge in [-0.15, -0.1) is 0 Å². The van der Waals surface area contributed by atoms with Gasteiger partial charge in [-0.05, 0) is 19.3 Å². The molecule has 0 aromatic carbocycles. The van der Waals surface area contributed by atoms with Crippen LogP contribution in [0.1, 0.15) is 27.2 Å². The van der Waals surface area contributed by atoms with Crippen LogP contribution in [0.3, 0.4) is 0 Å². The van der Waals surface area contributed by atoms with Gasteiger partial charge in [0.2, 0.25) is 0 Å². The van der Waals surface area contributed by atoms with Crippen LogP contribution in [0.15, 0.2) is 0 Å². The molecule has 1 unspecified atom stereocenters. The van der Waals surface area contributed by atoms with Crippen molar-refractivity contribution >= 4 is 0 Å². The summed E-state index contributed by atoms with van der Waals surface area (Å²) in [4.78, 5) is 2.43. The second-order valence-corrected chi connectivity index (χ2v) is 4.74. The molecule has 0 aromatic rings. The highest BCUT2D eigenvalue weighted by Gasteiger charge is 2.21. The van der Waals surface area contributed by atoms with Gasteiger partial charge in [0.15, 0.2) is 0 Å². The first kappa shape index (κ1) is 12.0. The minimum atomic E-state index is 0.265. The number of nitrogens with zero attached hydrogens (tertiary/aromatic N) is 1. The predicted octanol–water partition coefficient (Wildman–Crippen LogP) is 1.08. The molecule has 14 heavy (non-hydrogen) atoms. The lowest BCUT2D eigenvalue weighted by Gasteiger charge is -2.27. The van der Waals surface area contributed by atoms with Crippen molar-refractivity contribution in [2.45, 2.75) is 39.3 Å². The van der Waals surface area contributed by atoms with E-state index >= 15 is 0 Å². The van der Waals surface area contributed by atoms with Crippen LogP contribution in [0.5, 0.6) is 0 Å². The molecule has 0 bridgehead atoms. The third kappa shape index (κ3) is 3.95. The van der Waals surface area contributed by atoms with E-state index < -0.39 is 0 Å². The Kier molecular flexibility index (Phi) is 4.85. The van der Waals surface area contributed by atoms with E-state index in [1.54, 1.807) is 0 Å². The van der Waals surface area contributed by atoms with Crippen molar-refractivity contribution in [2.24, 2.45) is 11.7 Å². The number of ether oxygens (including phenoxy) is 1. The van der Waals surface area contributed by atoms with Crippen molar-refractivity contribution in [1.29, 1.82) is 0 Å². The van der Waals surface area contributed by atoms with Crippen LogP contribution >= 0.6 is 0 Å². The molecule has 1 heterocycles. The summed E-state index contributed by atoms with van der Waals surface area (Å²) in [5, 5.41) is 0.